The number of halogens is 1. The van der Waals surface area contributed by atoms with Crippen LogP contribution in [0.5, 0.6) is 0 Å². The van der Waals surface area contributed by atoms with Gasteiger partial charge in [-0.15, -0.1) is 0 Å². The minimum Gasteiger partial charge on any atom is -0.322 e. The fourth-order valence-corrected chi connectivity index (χ4v) is 2.66. The topological polar surface area (TPSA) is 108 Å². The summed E-state index contributed by atoms with van der Waals surface area (Å²) < 4.78 is 2.95. The van der Waals surface area contributed by atoms with Crippen molar-refractivity contribution in [3.05, 3.63) is 69.3 Å². The van der Waals surface area contributed by atoms with Gasteiger partial charge in [-0.2, -0.15) is 10.2 Å². The fourth-order valence-electron chi connectivity index (χ4n) is 2.45. The molecular formula is C16H15ClN6O3. The summed E-state index contributed by atoms with van der Waals surface area (Å²) in [5.41, 5.74) is 1.71. The molecule has 0 aliphatic heterocycles. The number of rotatable bonds is 6. The lowest BCUT2D eigenvalue weighted by Gasteiger charge is -2.04. The van der Waals surface area contributed by atoms with Gasteiger partial charge in [0.15, 0.2) is 0 Å². The Labute approximate surface area is 153 Å². The zero-order valence-electron chi connectivity index (χ0n) is 13.8. The van der Waals surface area contributed by atoms with Crippen LogP contribution in [-0.2, 0) is 17.9 Å². The molecule has 3 aromatic rings. The quantitative estimate of drug-likeness (QED) is 0.527. The summed E-state index contributed by atoms with van der Waals surface area (Å²) in [4.78, 5) is 22.4. The molecule has 0 aliphatic rings. The Hall–Kier alpha value is -3.20. The first-order valence-corrected chi connectivity index (χ1v) is 8.03. The second-order valence-corrected chi connectivity index (χ2v) is 6.07. The third-order valence-corrected chi connectivity index (χ3v) is 3.95. The Morgan fingerprint density at radius 3 is 2.85 bits per heavy atom. The standard InChI is InChI=1S/C16H15ClN6O3/c1-11-15(23(25)26)7-19-22(11)10-16(24)20-14-6-18-21(9-14)8-12-3-2-4-13(17)5-12/h2-7,9H,8,10H2,1H3,(H,20,24). The molecule has 0 saturated carbocycles. The van der Waals surface area contributed by atoms with Gasteiger partial charge in [0.2, 0.25) is 5.91 Å². The van der Waals surface area contributed by atoms with E-state index in [0.717, 1.165) is 11.8 Å². The summed E-state index contributed by atoms with van der Waals surface area (Å²) in [7, 11) is 0. The van der Waals surface area contributed by atoms with Crippen LogP contribution >= 0.6 is 11.6 Å². The van der Waals surface area contributed by atoms with Crippen LogP contribution in [0.4, 0.5) is 11.4 Å². The molecular weight excluding hydrogens is 360 g/mol. The van der Waals surface area contributed by atoms with Crippen LogP contribution < -0.4 is 5.32 Å². The van der Waals surface area contributed by atoms with E-state index in [4.69, 9.17) is 11.6 Å². The summed E-state index contributed by atoms with van der Waals surface area (Å²) in [6.07, 6.45) is 4.35. The van der Waals surface area contributed by atoms with Gasteiger partial charge in [0, 0.05) is 11.2 Å². The normalized spacial score (nSPS) is 10.7. The van der Waals surface area contributed by atoms with Gasteiger partial charge in [0.05, 0.1) is 23.4 Å². The summed E-state index contributed by atoms with van der Waals surface area (Å²) in [5, 5.41) is 22.2. The van der Waals surface area contributed by atoms with E-state index in [0.29, 0.717) is 22.9 Å². The molecule has 2 aromatic heterocycles. The summed E-state index contributed by atoms with van der Waals surface area (Å²) in [6, 6.07) is 7.42. The van der Waals surface area contributed by atoms with Crippen molar-refractivity contribution in [3.8, 4) is 0 Å². The highest BCUT2D eigenvalue weighted by atomic mass is 35.5. The lowest BCUT2D eigenvalue weighted by molar-refractivity contribution is -0.385. The number of hydrogen-bond donors (Lipinski definition) is 1. The number of nitro groups is 1. The SMILES string of the molecule is Cc1c([N+](=O)[O-])cnn1CC(=O)Nc1cnn(Cc2cccc(Cl)c2)c1. The van der Waals surface area contributed by atoms with Gasteiger partial charge in [-0.25, -0.2) is 0 Å². The molecule has 1 N–H and O–H groups in total. The lowest BCUT2D eigenvalue weighted by atomic mass is 10.2. The van der Waals surface area contributed by atoms with E-state index < -0.39 is 4.92 Å². The number of carbonyl (C=O) groups excluding carboxylic acids is 1. The van der Waals surface area contributed by atoms with E-state index in [-0.39, 0.29) is 18.1 Å². The Morgan fingerprint density at radius 2 is 2.15 bits per heavy atom. The largest absolute Gasteiger partial charge is 0.322 e. The Kier molecular flexibility index (Phi) is 4.99. The molecule has 0 saturated heterocycles. The molecule has 1 aromatic carbocycles. The first kappa shape index (κ1) is 17.6. The van der Waals surface area contributed by atoms with Gasteiger partial charge < -0.3 is 5.32 Å². The Bertz CT molecular complexity index is 965. The number of benzene rings is 1. The third kappa shape index (κ3) is 4.06. The number of hydrogen-bond acceptors (Lipinski definition) is 5. The molecule has 9 nitrogen and oxygen atoms in total. The summed E-state index contributed by atoms with van der Waals surface area (Å²) in [6.45, 7) is 1.93. The highest BCUT2D eigenvalue weighted by molar-refractivity contribution is 6.30. The molecule has 0 unspecified atom stereocenters. The van der Waals surface area contributed by atoms with Crippen molar-refractivity contribution in [1.29, 1.82) is 0 Å². The number of nitrogens with one attached hydrogen (secondary N) is 1. The molecule has 10 heteroatoms. The van der Waals surface area contributed by atoms with Gasteiger partial charge in [0.25, 0.3) is 0 Å². The van der Waals surface area contributed by atoms with Crippen molar-refractivity contribution < 1.29 is 9.72 Å². The maximum Gasteiger partial charge on any atom is 0.309 e. The zero-order valence-corrected chi connectivity index (χ0v) is 14.6. The molecule has 0 aliphatic carbocycles. The predicted molar refractivity (Wildman–Crippen MR) is 95.0 cm³/mol. The van der Waals surface area contributed by atoms with Crippen molar-refractivity contribution in [2.75, 3.05) is 5.32 Å². The van der Waals surface area contributed by atoms with E-state index in [1.165, 1.54) is 10.9 Å². The molecule has 134 valence electrons. The summed E-state index contributed by atoms with van der Waals surface area (Å²) in [5.74, 6) is -0.353. The number of nitrogens with zero attached hydrogens (tertiary/aromatic N) is 5. The van der Waals surface area contributed by atoms with Crippen LogP contribution in [0, 0.1) is 17.0 Å². The number of carbonyl (C=O) groups is 1. The average molecular weight is 375 g/mol. The van der Waals surface area contributed by atoms with Crippen molar-refractivity contribution in [2.24, 2.45) is 0 Å². The molecule has 0 fully saturated rings. The number of amides is 1. The van der Waals surface area contributed by atoms with E-state index >= 15 is 0 Å². The molecule has 26 heavy (non-hydrogen) atoms. The predicted octanol–water partition coefficient (Wildman–Crippen LogP) is 2.64. The Balaban J connectivity index is 1.62. The van der Waals surface area contributed by atoms with Gasteiger partial charge in [0.1, 0.15) is 18.4 Å². The molecule has 0 bridgehead atoms. The Morgan fingerprint density at radius 1 is 1.35 bits per heavy atom. The van der Waals surface area contributed by atoms with E-state index in [9.17, 15) is 14.9 Å². The van der Waals surface area contributed by atoms with E-state index in [1.807, 2.05) is 18.2 Å². The van der Waals surface area contributed by atoms with Crippen LogP contribution in [0.2, 0.25) is 5.02 Å². The van der Waals surface area contributed by atoms with Gasteiger partial charge >= 0.3 is 5.69 Å². The van der Waals surface area contributed by atoms with Crippen molar-refractivity contribution in [1.82, 2.24) is 19.6 Å². The van der Waals surface area contributed by atoms with Gasteiger partial charge in [-0.3, -0.25) is 24.3 Å². The second-order valence-electron chi connectivity index (χ2n) is 5.63. The third-order valence-electron chi connectivity index (χ3n) is 3.72. The first-order chi connectivity index (χ1) is 12.4. The lowest BCUT2D eigenvalue weighted by Crippen LogP contribution is -2.20. The van der Waals surface area contributed by atoms with Crippen molar-refractivity contribution >= 4 is 28.9 Å². The first-order valence-electron chi connectivity index (χ1n) is 7.66. The van der Waals surface area contributed by atoms with Crippen LogP contribution in [0.3, 0.4) is 0 Å². The molecule has 0 radical (unpaired) electrons. The maximum atomic E-state index is 12.1. The molecule has 0 spiro atoms. The number of anilines is 1. The smallest absolute Gasteiger partial charge is 0.309 e. The maximum absolute atomic E-state index is 12.1. The fraction of sp³-hybridized carbons (Fsp3) is 0.188. The monoisotopic (exact) mass is 374 g/mol. The average Bonchev–Trinajstić information content (AvgIpc) is 3.15. The zero-order chi connectivity index (χ0) is 18.7. The van der Waals surface area contributed by atoms with Crippen LogP contribution in [0.1, 0.15) is 11.3 Å². The van der Waals surface area contributed by atoms with Crippen LogP contribution in [-0.4, -0.2) is 30.4 Å². The van der Waals surface area contributed by atoms with Crippen LogP contribution in [0.15, 0.2) is 42.9 Å². The molecule has 3 rings (SSSR count). The minimum absolute atomic E-state index is 0.118. The molecule has 2 heterocycles. The highest BCUT2D eigenvalue weighted by Gasteiger charge is 2.18. The van der Waals surface area contributed by atoms with E-state index in [2.05, 4.69) is 15.5 Å². The summed E-state index contributed by atoms with van der Waals surface area (Å²) >= 11 is 5.96. The second kappa shape index (κ2) is 7.36. The van der Waals surface area contributed by atoms with Crippen LogP contribution in [0.25, 0.3) is 0 Å². The molecule has 0 atom stereocenters. The van der Waals surface area contributed by atoms with Gasteiger partial charge in [-0.05, 0) is 24.6 Å². The van der Waals surface area contributed by atoms with Gasteiger partial charge in [-0.1, -0.05) is 23.7 Å². The number of aromatic nitrogens is 4. The minimum atomic E-state index is -0.531. The highest BCUT2D eigenvalue weighted by Crippen LogP contribution is 2.16. The molecule has 1 amide bonds. The van der Waals surface area contributed by atoms with Crippen molar-refractivity contribution in [2.45, 2.75) is 20.0 Å². The van der Waals surface area contributed by atoms with Crippen molar-refractivity contribution in [3.63, 3.8) is 0 Å². The van der Waals surface area contributed by atoms with E-state index in [1.54, 1.807) is 23.9 Å².